The van der Waals surface area contributed by atoms with E-state index in [9.17, 15) is 14.0 Å². The minimum atomic E-state index is -0.762. The Hall–Kier alpha value is -2.89. The topological polar surface area (TPSA) is 58.6 Å². The molecule has 0 saturated heterocycles. The first-order valence-corrected chi connectivity index (χ1v) is 10.3. The van der Waals surface area contributed by atoms with Gasteiger partial charge in [0.1, 0.15) is 17.6 Å². The molecule has 0 radical (unpaired) electrons. The Morgan fingerprint density at radius 2 is 1.73 bits per heavy atom. The van der Waals surface area contributed by atoms with Gasteiger partial charge in [-0.25, -0.2) is 4.39 Å². The molecule has 0 unspecified atom stereocenters. The lowest BCUT2D eigenvalue weighted by Gasteiger charge is -2.29. The van der Waals surface area contributed by atoms with Crippen LogP contribution in [-0.2, 0) is 22.6 Å². The molecule has 2 aromatic rings. The number of hydrogen-bond donors (Lipinski definition) is 1. The Balaban J connectivity index is 2.12. The molecule has 2 rings (SSSR count). The number of nitrogens with zero attached hydrogens (tertiary/aromatic N) is 1. The van der Waals surface area contributed by atoms with Crippen molar-refractivity contribution in [1.29, 1.82) is 0 Å². The summed E-state index contributed by atoms with van der Waals surface area (Å²) in [5.41, 5.74) is 1.52. The van der Waals surface area contributed by atoms with Crippen LogP contribution in [0.2, 0.25) is 0 Å². The van der Waals surface area contributed by atoms with E-state index in [4.69, 9.17) is 4.74 Å². The molecule has 6 heteroatoms. The van der Waals surface area contributed by atoms with Crippen LogP contribution in [0.1, 0.15) is 38.8 Å². The fourth-order valence-electron chi connectivity index (χ4n) is 2.89. The maximum Gasteiger partial charge on any atom is 0.261 e. The lowest BCUT2D eigenvalue weighted by Crippen LogP contribution is -2.49. The lowest BCUT2D eigenvalue weighted by molar-refractivity contribution is -0.142. The van der Waals surface area contributed by atoms with E-state index in [0.717, 1.165) is 6.42 Å². The van der Waals surface area contributed by atoms with E-state index in [0.29, 0.717) is 17.9 Å². The van der Waals surface area contributed by atoms with E-state index < -0.39 is 11.9 Å². The summed E-state index contributed by atoms with van der Waals surface area (Å²) in [5, 5.41) is 2.84. The van der Waals surface area contributed by atoms with Crippen molar-refractivity contribution in [3.05, 3.63) is 65.5 Å². The Kier molecular flexibility index (Phi) is 8.84. The molecule has 0 aliphatic carbocycles. The summed E-state index contributed by atoms with van der Waals surface area (Å²) in [6.07, 6.45) is 0.915. The van der Waals surface area contributed by atoms with Crippen LogP contribution >= 0.6 is 0 Å². The first-order chi connectivity index (χ1) is 14.3. The van der Waals surface area contributed by atoms with Gasteiger partial charge in [0.2, 0.25) is 5.91 Å². The van der Waals surface area contributed by atoms with E-state index in [-0.39, 0.29) is 30.9 Å². The zero-order valence-electron chi connectivity index (χ0n) is 18.2. The summed E-state index contributed by atoms with van der Waals surface area (Å²) in [6, 6.07) is 13.0. The van der Waals surface area contributed by atoms with Crippen LogP contribution in [0.3, 0.4) is 0 Å². The highest BCUT2D eigenvalue weighted by molar-refractivity contribution is 5.87. The Labute approximate surface area is 178 Å². The van der Waals surface area contributed by atoms with Gasteiger partial charge in [-0.3, -0.25) is 9.59 Å². The highest BCUT2D eigenvalue weighted by Gasteiger charge is 2.27. The van der Waals surface area contributed by atoms with E-state index in [1.54, 1.807) is 25.1 Å². The monoisotopic (exact) mass is 414 g/mol. The fourth-order valence-corrected chi connectivity index (χ4v) is 2.89. The van der Waals surface area contributed by atoms with E-state index in [1.807, 2.05) is 38.1 Å². The van der Waals surface area contributed by atoms with Crippen molar-refractivity contribution in [2.75, 3.05) is 13.2 Å². The first-order valence-electron chi connectivity index (χ1n) is 10.3. The molecule has 2 aromatic carbocycles. The predicted octanol–water partition coefficient (Wildman–Crippen LogP) is 3.96. The normalized spacial score (nSPS) is 11.8. The van der Waals surface area contributed by atoms with Crippen molar-refractivity contribution in [3.63, 3.8) is 0 Å². The van der Waals surface area contributed by atoms with Crippen molar-refractivity contribution >= 4 is 11.8 Å². The third kappa shape index (κ3) is 6.87. The molecule has 0 bridgehead atoms. The summed E-state index contributed by atoms with van der Waals surface area (Å²) in [4.78, 5) is 26.9. The van der Waals surface area contributed by atoms with Crippen molar-refractivity contribution in [2.45, 2.75) is 46.7 Å². The molecule has 1 N–H and O–H groups in total. The zero-order chi connectivity index (χ0) is 22.1. The highest BCUT2D eigenvalue weighted by atomic mass is 19.1. The summed E-state index contributed by atoms with van der Waals surface area (Å²) >= 11 is 0. The Morgan fingerprint density at radius 3 is 2.33 bits per heavy atom. The number of carbonyl (C=O) groups excluding carboxylic acids is 2. The van der Waals surface area contributed by atoms with Crippen LogP contribution < -0.4 is 10.1 Å². The molecule has 0 aromatic heterocycles. The van der Waals surface area contributed by atoms with E-state index in [2.05, 4.69) is 12.2 Å². The quantitative estimate of drug-likeness (QED) is 0.640. The molecular weight excluding hydrogens is 383 g/mol. The van der Waals surface area contributed by atoms with Crippen LogP contribution in [-0.4, -0.2) is 35.9 Å². The average Bonchev–Trinajstić information content (AvgIpc) is 2.75. The van der Waals surface area contributed by atoms with Gasteiger partial charge < -0.3 is 15.0 Å². The molecule has 0 saturated carbocycles. The largest absolute Gasteiger partial charge is 0.484 e. The van der Waals surface area contributed by atoms with Crippen molar-refractivity contribution in [1.82, 2.24) is 10.2 Å². The third-order valence-corrected chi connectivity index (χ3v) is 4.84. The number of halogens is 1. The molecule has 162 valence electrons. The van der Waals surface area contributed by atoms with Crippen LogP contribution in [0.15, 0.2) is 48.5 Å². The SMILES string of the molecule is CCc1ccc(OCC(=O)N(Cc2ccccc2F)[C@@H](C)C(=O)NCC(C)C)cc1. The second-order valence-corrected chi connectivity index (χ2v) is 7.71. The number of nitrogens with one attached hydrogen (secondary N) is 1. The van der Waals surface area contributed by atoms with Crippen LogP contribution in [0, 0.1) is 11.7 Å². The minimum absolute atomic E-state index is 0.0140. The van der Waals surface area contributed by atoms with Gasteiger partial charge in [-0.05, 0) is 43.0 Å². The van der Waals surface area contributed by atoms with E-state index in [1.165, 1.54) is 16.5 Å². The number of aryl methyl sites for hydroxylation is 1. The molecule has 0 spiro atoms. The molecule has 0 heterocycles. The highest BCUT2D eigenvalue weighted by Crippen LogP contribution is 2.16. The van der Waals surface area contributed by atoms with Gasteiger partial charge in [0.05, 0.1) is 0 Å². The third-order valence-electron chi connectivity index (χ3n) is 4.84. The Morgan fingerprint density at radius 1 is 1.07 bits per heavy atom. The average molecular weight is 415 g/mol. The first kappa shape index (κ1) is 23.4. The van der Waals surface area contributed by atoms with E-state index >= 15 is 0 Å². The number of benzene rings is 2. The van der Waals surface area contributed by atoms with Gasteiger partial charge in [0.25, 0.3) is 5.91 Å². The minimum Gasteiger partial charge on any atom is -0.484 e. The summed E-state index contributed by atoms with van der Waals surface area (Å²) in [7, 11) is 0. The zero-order valence-corrected chi connectivity index (χ0v) is 18.2. The van der Waals surface area contributed by atoms with Gasteiger partial charge in [0, 0.05) is 18.7 Å². The summed E-state index contributed by atoms with van der Waals surface area (Å²) in [6.45, 7) is 7.94. The molecule has 0 fully saturated rings. The molecule has 1 atom stereocenters. The lowest BCUT2D eigenvalue weighted by atomic mass is 10.1. The number of amides is 2. The molecular formula is C24H31FN2O3. The summed E-state index contributed by atoms with van der Waals surface area (Å²) < 4.78 is 19.8. The van der Waals surface area contributed by atoms with Crippen LogP contribution in [0.4, 0.5) is 4.39 Å². The molecule has 30 heavy (non-hydrogen) atoms. The van der Waals surface area contributed by atoms with Gasteiger partial charge >= 0.3 is 0 Å². The fraction of sp³-hybridized carbons (Fsp3) is 0.417. The van der Waals surface area contributed by atoms with Crippen LogP contribution in [0.5, 0.6) is 5.75 Å². The number of carbonyl (C=O) groups is 2. The van der Waals surface area contributed by atoms with Gasteiger partial charge in [-0.2, -0.15) is 0 Å². The van der Waals surface area contributed by atoms with Gasteiger partial charge in [0.15, 0.2) is 6.61 Å². The molecule has 2 amide bonds. The number of rotatable bonds is 10. The second kappa shape index (κ2) is 11.3. The van der Waals surface area contributed by atoms with Crippen LogP contribution in [0.25, 0.3) is 0 Å². The summed E-state index contributed by atoms with van der Waals surface area (Å²) in [5.74, 6) is -0.221. The second-order valence-electron chi connectivity index (χ2n) is 7.71. The maximum absolute atomic E-state index is 14.2. The number of ether oxygens (including phenoxy) is 1. The van der Waals surface area contributed by atoms with Crippen molar-refractivity contribution in [2.24, 2.45) is 5.92 Å². The molecule has 0 aliphatic rings. The molecule has 5 nitrogen and oxygen atoms in total. The smallest absolute Gasteiger partial charge is 0.261 e. The molecule has 0 aliphatic heterocycles. The van der Waals surface area contributed by atoms with Gasteiger partial charge in [-0.15, -0.1) is 0 Å². The van der Waals surface area contributed by atoms with Gasteiger partial charge in [-0.1, -0.05) is 51.1 Å². The Bertz CT molecular complexity index is 837. The predicted molar refractivity (Wildman–Crippen MR) is 116 cm³/mol. The van der Waals surface area contributed by atoms with Crippen molar-refractivity contribution in [3.8, 4) is 5.75 Å². The number of hydrogen-bond acceptors (Lipinski definition) is 3. The van der Waals surface area contributed by atoms with Crippen molar-refractivity contribution < 1.29 is 18.7 Å². The maximum atomic E-state index is 14.2. The standard InChI is InChI=1S/C24H31FN2O3/c1-5-19-10-12-21(13-11-19)30-16-23(28)27(15-20-8-6-7-9-22(20)25)18(4)24(29)26-14-17(2)3/h6-13,17-18H,5,14-16H2,1-4H3,(H,26,29)/t18-/m0/s1.